The highest BCUT2D eigenvalue weighted by atomic mass is 79.9. The summed E-state index contributed by atoms with van der Waals surface area (Å²) in [5.74, 6) is 0. The molecule has 0 aliphatic rings. The normalized spacial score (nSPS) is 10.4. The van der Waals surface area contributed by atoms with Gasteiger partial charge in [-0.15, -0.1) is 0 Å². The third-order valence-electron chi connectivity index (χ3n) is 2.41. The maximum absolute atomic E-state index is 5.91. The quantitative estimate of drug-likeness (QED) is 0.621. The third kappa shape index (κ3) is 3.70. The van der Waals surface area contributed by atoms with Crippen LogP contribution in [0.4, 0.5) is 5.69 Å². The van der Waals surface area contributed by atoms with Crippen LogP contribution < -0.4 is 5.73 Å². The molecule has 0 saturated carbocycles. The average molecular weight is 256 g/mol. The predicted molar refractivity (Wildman–Crippen MR) is 66.4 cm³/mol. The first kappa shape index (κ1) is 11.6. The van der Waals surface area contributed by atoms with Crippen LogP contribution in [-0.4, -0.2) is 0 Å². The summed E-state index contributed by atoms with van der Waals surface area (Å²) in [6, 6.07) is 6.16. The number of unbranched alkanes of at least 4 members (excludes halogenated alkanes) is 3. The lowest BCUT2D eigenvalue weighted by Gasteiger charge is -2.05. The van der Waals surface area contributed by atoms with Crippen LogP contribution in [0.15, 0.2) is 22.7 Å². The topological polar surface area (TPSA) is 26.0 Å². The van der Waals surface area contributed by atoms with Crippen LogP contribution in [0.25, 0.3) is 0 Å². The molecule has 1 aromatic carbocycles. The monoisotopic (exact) mass is 255 g/mol. The zero-order valence-electron chi connectivity index (χ0n) is 8.72. The second-order valence-electron chi connectivity index (χ2n) is 3.65. The molecule has 0 radical (unpaired) electrons. The Balaban J connectivity index is 2.42. The molecule has 0 unspecified atom stereocenters. The molecule has 0 heterocycles. The van der Waals surface area contributed by atoms with Crippen LogP contribution in [-0.2, 0) is 6.42 Å². The number of anilines is 1. The van der Waals surface area contributed by atoms with Gasteiger partial charge >= 0.3 is 0 Å². The summed E-state index contributed by atoms with van der Waals surface area (Å²) >= 11 is 3.41. The van der Waals surface area contributed by atoms with E-state index in [2.05, 4.69) is 35.0 Å². The molecule has 14 heavy (non-hydrogen) atoms. The van der Waals surface area contributed by atoms with E-state index in [9.17, 15) is 0 Å². The molecule has 2 heteroatoms. The van der Waals surface area contributed by atoms with Gasteiger partial charge in [-0.1, -0.05) is 48.2 Å². The highest BCUT2D eigenvalue weighted by molar-refractivity contribution is 9.10. The summed E-state index contributed by atoms with van der Waals surface area (Å²) in [5, 5.41) is 0. The van der Waals surface area contributed by atoms with E-state index < -0.39 is 0 Å². The van der Waals surface area contributed by atoms with E-state index in [1.165, 1.54) is 31.2 Å². The molecule has 78 valence electrons. The molecule has 1 rings (SSSR count). The fourth-order valence-corrected chi connectivity index (χ4v) is 1.91. The van der Waals surface area contributed by atoms with Crippen LogP contribution >= 0.6 is 15.9 Å². The van der Waals surface area contributed by atoms with E-state index in [0.717, 1.165) is 16.6 Å². The van der Waals surface area contributed by atoms with E-state index >= 15 is 0 Å². The maximum Gasteiger partial charge on any atom is 0.0357 e. The number of nitrogens with two attached hydrogens (primary N) is 1. The number of halogens is 1. The number of hydrogen-bond acceptors (Lipinski definition) is 1. The van der Waals surface area contributed by atoms with Gasteiger partial charge in [0, 0.05) is 10.2 Å². The van der Waals surface area contributed by atoms with Crippen LogP contribution in [0.5, 0.6) is 0 Å². The van der Waals surface area contributed by atoms with Crippen molar-refractivity contribution in [2.45, 2.75) is 39.0 Å². The van der Waals surface area contributed by atoms with Crippen molar-refractivity contribution in [3.63, 3.8) is 0 Å². The molecular formula is C12H18BrN. The summed E-state index contributed by atoms with van der Waals surface area (Å²) < 4.78 is 1.06. The Hall–Kier alpha value is -0.500. The Morgan fingerprint density at radius 2 is 2.00 bits per heavy atom. The Labute approximate surface area is 94.8 Å². The van der Waals surface area contributed by atoms with E-state index in [1.54, 1.807) is 0 Å². The van der Waals surface area contributed by atoms with Crippen LogP contribution in [0, 0.1) is 0 Å². The first-order valence-electron chi connectivity index (χ1n) is 5.28. The largest absolute Gasteiger partial charge is 0.398 e. The van der Waals surface area contributed by atoms with Crippen molar-refractivity contribution in [3.05, 3.63) is 28.2 Å². The van der Waals surface area contributed by atoms with Gasteiger partial charge in [0.05, 0.1) is 0 Å². The highest BCUT2D eigenvalue weighted by Gasteiger charge is 1.99. The van der Waals surface area contributed by atoms with Gasteiger partial charge in [-0.25, -0.2) is 0 Å². The zero-order valence-corrected chi connectivity index (χ0v) is 10.3. The molecule has 0 aromatic heterocycles. The second kappa shape index (κ2) is 6.07. The number of benzene rings is 1. The molecule has 1 aromatic rings. The van der Waals surface area contributed by atoms with Crippen molar-refractivity contribution >= 4 is 21.6 Å². The number of nitrogen functional groups attached to an aromatic ring is 1. The average Bonchev–Trinajstić information content (AvgIpc) is 2.15. The minimum Gasteiger partial charge on any atom is -0.398 e. The zero-order chi connectivity index (χ0) is 10.4. The minimum atomic E-state index is 0.913. The van der Waals surface area contributed by atoms with Gasteiger partial charge in [0.25, 0.3) is 0 Å². The first-order chi connectivity index (χ1) is 6.74. The summed E-state index contributed by atoms with van der Waals surface area (Å²) in [6.07, 6.45) is 6.29. The molecule has 0 bridgehead atoms. The molecule has 2 N–H and O–H groups in total. The van der Waals surface area contributed by atoms with Crippen LogP contribution in [0.3, 0.4) is 0 Å². The lowest BCUT2D eigenvalue weighted by Crippen LogP contribution is -1.94. The van der Waals surface area contributed by atoms with Crippen LogP contribution in [0.1, 0.15) is 38.2 Å². The molecule has 0 saturated heterocycles. The van der Waals surface area contributed by atoms with Crippen molar-refractivity contribution in [2.24, 2.45) is 0 Å². The Morgan fingerprint density at radius 1 is 1.21 bits per heavy atom. The Morgan fingerprint density at radius 3 is 2.64 bits per heavy atom. The van der Waals surface area contributed by atoms with Gasteiger partial charge in [-0.2, -0.15) is 0 Å². The molecule has 0 spiro atoms. The minimum absolute atomic E-state index is 0.913. The van der Waals surface area contributed by atoms with E-state index in [4.69, 9.17) is 5.73 Å². The van der Waals surface area contributed by atoms with E-state index in [1.807, 2.05) is 6.07 Å². The molecule has 1 nitrogen and oxygen atoms in total. The lowest BCUT2D eigenvalue weighted by atomic mass is 10.0. The van der Waals surface area contributed by atoms with Gasteiger partial charge in [0.1, 0.15) is 0 Å². The van der Waals surface area contributed by atoms with E-state index in [-0.39, 0.29) is 0 Å². The Bertz CT molecular complexity index is 284. The molecule has 0 fully saturated rings. The summed E-state index contributed by atoms with van der Waals surface area (Å²) in [4.78, 5) is 0. The van der Waals surface area contributed by atoms with Crippen molar-refractivity contribution in [1.82, 2.24) is 0 Å². The lowest BCUT2D eigenvalue weighted by molar-refractivity contribution is 0.667. The van der Waals surface area contributed by atoms with Gasteiger partial charge in [-0.05, 0) is 30.5 Å². The number of rotatable bonds is 5. The van der Waals surface area contributed by atoms with E-state index in [0.29, 0.717) is 0 Å². The summed E-state index contributed by atoms with van der Waals surface area (Å²) in [5.41, 5.74) is 8.10. The number of hydrogen-bond donors (Lipinski definition) is 1. The Kier molecular flexibility index (Phi) is 5.02. The fraction of sp³-hybridized carbons (Fsp3) is 0.500. The van der Waals surface area contributed by atoms with Gasteiger partial charge in [-0.3, -0.25) is 0 Å². The van der Waals surface area contributed by atoms with Crippen molar-refractivity contribution in [3.8, 4) is 0 Å². The predicted octanol–water partition coefficient (Wildman–Crippen LogP) is 4.15. The highest BCUT2D eigenvalue weighted by Crippen LogP contribution is 2.20. The fourth-order valence-electron chi connectivity index (χ4n) is 1.54. The van der Waals surface area contributed by atoms with Gasteiger partial charge in [0.2, 0.25) is 0 Å². The van der Waals surface area contributed by atoms with Crippen molar-refractivity contribution in [1.29, 1.82) is 0 Å². The molecule has 0 amide bonds. The summed E-state index contributed by atoms with van der Waals surface area (Å²) in [6.45, 7) is 2.23. The first-order valence-corrected chi connectivity index (χ1v) is 6.07. The smallest absolute Gasteiger partial charge is 0.0357 e. The molecule has 0 atom stereocenters. The summed E-state index contributed by atoms with van der Waals surface area (Å²) in [7, 11) is 0. The standard InChI is InChI=1S/C12H18BrN/c1-2-3-4-5-6-10-7-8-11(13)9-12(10)14/h7-9H,2-6,14H2,1H3. The second-order valence-corrected chi connectivity index (χ2v) is 4.57. The molecule has 0 aliphatic heterocycles. The maximum atomic E-state index is 5.91. The third-order valence-corrected chi connectivity index (χ3v) is 2.90. The molecule has 0 aliphatic carbocycles. The van der Waals surface area contributed by atoms with Gasteiger partial charge < -0.3 is 5.73 Å². The number of aryl methyl sites for hydroxylation is 1. The van der Waals surface area contributed by atoms with Gasteiger partial charge in [0.15, 0.2) is 0 Å². The van der Waals surface area contributed by atoms with Crippen molar-refractivity contribution in [2.75, 3.05) is 5.73 Å². The van der Waals surface area contributed by atoms with Crippen LogP contribution in [0.2, 0.25) is 0 Å². The SMILES string of the molecule is CCCCCCc1ccc(Br)cc1N. The molecular weight excluding hydrogens is 238 g/mol. The van der Waals surface area contributed by atoms with Crippen molar-refractivity contribution < 1.29 is 0 Å².